The number of benzene rings is 2. The largest absolute Gasteiger partial charge is 0.379 e. The van der Waals surface area contributed by atoms with E-state index in [-0.39, 0.29) is 17.4 Å². The van der Waals surface area contributed by atoms with Gasteiger partial charge in [-0.2, -0.15) is 0 Å². The summed E-state index contributed by atoms with van der Waals surface area (Å²) < 4.78 is 13.7. The smallest absolute Gasteiger partial charge is 0.276 e. The Morgan fingerprint density at radius 3 is 2.58 bits per heavy atom. The van der Waals surface area contributed by atoms with E-state index in [4.69, 9.17) is 0 Å². The molecular formula is C21H20FN3O. The molecule has 0 atom stereocenters. The van der Waals surface area contributed by atoms with Crippen LogP contribution in [0.25, 0.3) is 0 Å². The molecule has 0 spiro atoms. The van der Waals surface area contributed by atoms with Crippen LogP contribution >= 0.6 is 0 Å². The Kier molecular flexibility index (Phi) is 5.27. The molecule has 1 amide bonds. The van der Waals surface area contributed by atoms with Gasteiger partial charge in [-0.05, 0) is 49.2 Å². The molecule has 0 aliphatic carbocycles. The van der Waals surface area contributed by atoms with E-state index in [0.717, 1.165) is 5.56 Å². The Balaban J connectivity index is 1.74. The summed E-state index contributed by atoms with van der Waals surface area (Å²) >= 11 is 0. The summed E-state index contributed by atoms with van der Waals surface area (Å²) in [7, 11) is 0. The lowest BCUT2D eigenvalue weighted by molar-refractivity contribution is 0.102. The van der Waals surface area contributed by atoms with E-state index >= 15 is 0 Å². The minimum atomic E-state index is -0.389. The summed E-state index contributed by atoms with van der Waals surface area (Å²) in [6.45, 7) is 4.28. The molecule has 3 rings (SSSR count). The molecule has 0 saturated heterocycles. The highest BCUT2D eigenvalue weighted by molar-refractivity contribution is 6.06. The molecule has 0 aliphatic rings. The van der Waals surface area contributed by atoms with Crippen molar-refractivity contribution < 1.29 is 9.18 Å². The fourth-order valence-corrected chi connectivity index (χ4v) is 2.49. The Labute approximate surface area is 152 Å². The number of aromatic nitrogens is 1. The highest BCUT2D eigenvalue weighted by atomic mass is 19.1. The molecule has 0 radical (unpaired) electrons. The van der Waals surface area contributed by atoms with E-state index in [9.17, 15) is 9.18 Å². The highest BCUT2D eigenvalue weighted by Gasteiger charge is 2.13. The normalized spacial score (nSPS) is 10.4. The molecule has 2 aromatic carbocycles. The van der Waals surface area contributed by atoms with Crippen LogP contribution in [0.15, 0.2) is 60.8 Å². The fourth-order valence-electron chi connectivity index (χ4n) is 2.49. The number of anilines is 2. The van der Waals surface area contributed by atoms with Gasteiger partial charge in [-0.1, -0.05) is 35.9 Å². The van der Waals surface area contributed by atoms with Gasteiger partial charge < -0.3 is 10.6 Å². The van der Waals surface area contributed by atoms with E-state index in [2.05, 4.69) is 15.6 Å². The molecule has 5 heteroatoms. The zero-order valence-electron chi connectivity index (χ0n) is 14.7. The number of nitrogens with one attached hydrogen (secondary N) is 2. The number of nitrogens with zero attached hydrogens (tertiary/aromatic N) is 1. The van der Waals surface area contributed by atoms with Crippen LogP contribution in [0.3, 0.4) is 0 Å². The number of pyridine rings is 1. The molecule has 1 aromatic heterocycles. The predicted molar refractivity (Wildman–Crippen MR) is 102 cm³/mol. The number of aryl methyl sites for hydroxylation is 2. The lowest BCUT2D eigenvalue weighted by atomic mass is 10.1. The fraction of sp³-hybridized carbons (Fsp3) is 0.143. The van der Waals surface area contributed by atoms with Crippen molar-refractivity contribution in [3.05, 3.63) is 89.0 Å². The molecule has 0 bridgehead atoms. The molecule has 4 nitrogen and oxygen atoms in total. The summed E-state index contributed by atoms with van der Waals surface area (Å²) in [5, 5.41) is 5.93. The van der Waals surface area contributed by atoms with E-state index < -0.39 is 0 Å². The Morgan fingerprint density at radius 1 is 1.08 bits per heavy atom. The van der Waals surface area contributed by atoms with Gasteiger partial charge >= 0.3 is 0 Å². The number of hydrogen-bond acceptors (Lipinski definition) is 3. The summed E-state index contributed by atoms with van der Waals surface area (Å²) in [5.41, 5.74) is 4.11. The monoisotopic (exact) mass is 349 g/mol. The van der Waals surface area contributed by atoms with Gasteiger partial charge in [-0.25, -0.2) is 9.37 Å². The van der Waals surface area contributed by atoms with Crippen LogP contribution < -0.4 is 10.6 Å². The van der Waals surface area contributed by atoms with Gasteiger partial charge in [0.05, 0.1) is 5.69 Å². The lowest BCUT2D eigenvalue weighted by Gasteiger charge is -2.12. The van der Waals surface area contributed by atoms with Gasteiger partial charge in [-0.15, -0.1) is 0 Å². The predicted octanol–water partition coefficient (Wildman–Crippen LogP) is 4.70. The van der Waals surface area contributed by atoms with Gasteiger partial charge in [0.15, 0.2) is 5.69 Å². The average Bonchev–Trinajstić information content (AvgIpc) is 2.64. The summed E-state index contributed by atoms with van der Waals surface area (Å²) in [5.74, 6) is -0.748. The first-order valence-corrected chi connectivity index (χ1v) is 8.35. The average molecular weight is 349 g/mol. The van der Waals surface area contributed by atoms with Crippen molar-refractivity contribution in [2.24, 2.45) is 0 Å². The number of amides is 1. The third-order valence-electron chi connectivity index (χ3n) is 4.06. The molecule has 2 N–H and O–H groups in total. The molecule has 26 heavy (non-hydrogen) atoms. The van der Waals surface area contributed by atoms with Crippen molar-refractivity contribution in [2.45, 2.75) is 20.4 Å². The van der Waals surface area contributed by atoms with Crippen LogP contribution in [0.1, 0.15) is 27.2 Å². The molecule has 3 aromatic rings. The number of rotatable bonds is 5. The zero-order valence-corrected chi connectivity index (χ0v) is 14.7. The van der Waals surface area contributed by atoms with Crippen LogP contribution in [-0.4, -0.2) is 10.9 Å². The first-order chi connectivity index (χ1) is 12.5. The molecule has 0 saturated carbocycles. The molecule has 0 fully saturated rings. The third-order valence-corrected chi connectivity index (χ3v) is 4.06. The second-order valence-electron chi connectivity index (χ2n) is 6.16. The molecule has 132 valence electrons. The first kappa shape index (κ1) is 17.6. The quantitative estimate of drug-likeness (QED) is 0.702. The second kappa shape index (κ2) is 7.78. The van der Waals surface area contributed by atoms with Crippen molar-refractivity contribution in [3.63, 3.8) is 0 Å². The van der Waals surface area contributed by atoms with Crippen LogP contribution in [0.4, 0.5) is 15.8 Å². The minimum absolute atomic E-state index is 0.264. The van der Waals surface area contributed by atoms with Gasteiger partial charge in [0.25, 0.3) is 5.91 Å². The summed E-state index contributed by atoms with van der Waals surface area (Å²) in [4.78, 5) is 16.7. The molecule has 0 aliphatic heterocycles. The maximum absolute atomic E-state index is 13.7. The number of carbonyl (C=O) groups excluding carboxylic acids is 1. The summed E-state index contributed by atoms with van der Waals surface area (Å²) in [6.07, 6.45) is 1.56. The standard InChI is InChI=1S/C21H20FN3O/c1-14-5-8-16(9-6-14)13-24-19-4-3-11-23-20(19)21(26)25-17-10-7-15(2)18(22)12-17/h3-12,24H,13H2,1-2H3,(H,25,26). The summed E-state index contributed by atoms with van der Waals surface area (Å²) in [6, 6.07) is 16.3. The maximum Gasteiger partial charge on any atom is 0.276 e. The van der Waals surface area contributed by atoms with Crippen LogP contribution in [0.5, 0.6) is 0 Å². The SMILES string of the molecule is Cc1ccc(CNc2cccnc2C(=O)Nc2ccc(C)c(F)c2)cc1. The van der Waals surface area contributed by atoms with Gasteiger partial charge in [0.1, 0.15) is 5.82 Å². The highest BCUT2D eigenvalue weighted by Crippen LogP contribution is 2.18. The molecular weight excluding hydrogens is 329 g/mol. The van der Waals surface area contributed by atoms with E-state index in [1.165, 1.54) is 11.6 Å². The molecule has 0 unspecified atom stereocenters. The van der Waals surface area contributed by atoms with Crippen LogP contribution in [0.2, 0.25) is 0 Å². The zero-order chi connectivity index (χ0) is 18.5. The van der Waals surface area contributed by atoms with E-state index in [1.807, 2.05) is 31.2 Å². The van der Waals surface area contributed by atoms with Crippen molar-refractivity contribution in [3.8, 4) is 0 Å². The van der Waals surface area contributed by atoms with Crippen LogP contribution in [-0.2, 0) is 6.54 Å². The lowest BCUT2D eigenvalue weighted by Crippen LogP contribution is -2.16. The van der Waals surface area contributed by atoms with Crippen molar-refractivity contribution >= 4 is 17.3 Å². The third kappa shape index (κ3) is 4.25. The van der Waals surface area contributed by atoms with Gasteiger partial charge in [0, 0.05) is 18.4 Å². The number of halogens is 1. The van der Waals surface area contributed by atoms with Gasteiger partial charge in [0.2, 0.25) is 0 Å². The minimum Gasteiger partial charge on any atom is -0.379 e. The topological polar surface area (TPSA) is 54.0 Å². The number of carbonyl (C=O) groups is 1. The van der Waals surface area contributed by atoms with E-state index in [1.54, 1.807) is 37.4 Å². The van der Waals surface area contributed by atoms with Crippen molar-refractivity contribution in [1.29, 1.82) is 0 Å². The van der Waals surface area contributed by atoms with Crippen molar-refractivity contribution in [2.75, 3.05) is 10.6 Å². The Bertz CT molecular complexity index is 923. The first-order valence-electron chi connectivity index (χ1n) is 8.35. The van der Waals surface area contributed by atoms with Crippen LogP contribution in [0, 0.1) is 19.7 Å². The van der Waals surface area contributed by atoms with E-state index in [0.29, 0.717) is 23.5 Å². The van der Waals surface area contributed by atoms with Gasteiger partial charge in [-0.3, -0.25) is 4.79 Å². The maximum atomic E-state index is 13.7. The molecule has 1 heterocycles. The second-order valence-corrected chi connectivity index (χ2v) is 6.16. The Hall–Kier alpha value is -3.21. The Morgan fingerprint density at radius 2 is 1.85 bits per heavy atom. The number of hydrogen-bond donors (Lipinski definition) is 2. The van der Waals surface area contributed by atoms with Crippen molar-refractivity contribution in [1.82, 2.24) is 4.98 Å².